The second-order valence-corrected chi connectivity index (χ2v) is 6.99. The maximum absolute atomic E-state index is 14.8. The summed E-state index contributed by atoms with van der Waals surface area (Å²) in [4.78, 5) is 0. The van der Waals surface area contributed by atoms with Gasteiger partial charge in [-0.3, -0.25) is 0 Å². The highest BCUT2D eigenvalue weighted by Gasteiger charge is 2.21. The molecule has 27 heavy (non-hydrogen) atoms. The van der Waals surface area contributed by atoms with Gasteiger partial charge in [0.1, 0.15) is 17.7 Å². The molecule has 134 valence electrons. The van der Waals surface area contributed by atoms with Crippen molar-refractivity contribution in [1.82, 2.24) is 0 Å². The number of nitrogens with zero attached hydrogens (tertiary/aromatic N) is 1. The molecule has 3 heteroatoms. The number of nitriles is 1. The van der Waals surface area contributed by atoms with E-state index in [-0.39, 0.29) is 11.4 Å². The second-order valence-electron chi connectivity index (χ2n) is 6.99. The fourth-order valence-electron chi connectivity index (χ4n) is 3.92. The van der Waals surface area contributed by atoms with Gasteiger partial charge < -0.3 is 0 Å². The van der Waals surface area contributed by atoms with Crippen LogP contribution in [0.25, 0.3) is 22.3 Å². The third-order valence-corrected chi connectivity index (χ3v) is 5.31. The summed E-state index contributed by atoms with van der Waals surface area (Å²) in [7, 11) is 0. The molecular formula is C24H19F2N. The van der Waals surface area contributed by atoms with E-state index in [1.807, 2.05) is 30.3 Å². The van der Waals surface area contributed by atoms with Gasteiger partial charge in [0.2, 0.25) is 0 Å². The lowest BCUT2D eigenvalue weighted by molar-refractivity contribution is 0.589. The predicted octanol–water partition coefficient (Wildman–Crippen LogP) is 6.22. The van der Waals surface area contributed by atoms with E-state index < -0.39 is 5.82 Å². The Morgan fingerprint density at radius 2 is 1.67 bits per heavy atom. The highest BCUT2D eigenvalue weighted by atomic mass is 19.1. The molecule has 1 aliphatic carbocycles. The summed E-state index contributed by atoms with van der Waals surface area (Å²) in [5.41, 5.74) is 6.46. The largest absolute Gasteiger partial charge is 0.206 e. The fraction of sp³-hybridized carbons (Fsp3) is 0.208. The van der Waals surface area contributed by atoms with Gasteiger partial charge in [-0.15, -0.1) is 0 Å². The van der Waals surface area contributed by atoms with Crippen molar-refractivity contribution in [3.05, 3.63) is 82.4 Å². The maximum atomic E-state index is 14.8. The Labute approximate surface area is 157 Å². The Hall–Kier alpha value is -2.99. The predicted molar refractivity (Wildman–Crippen MR) is 103 cm³/mol. The Morgan fingerprint density at radius 3 is 2.41 bits per heavy atom. The number of hydrogen-bond donors (Lipinski definition) is 0. The molecule has 0 N–H and O–H groups in total. The van der Waals surface area contributed by atoms with Crippen LogP contribution >= 0.6 is 0 Å². The van der Waals surface area contributed by atoms with Crippen molar-refractivity contribution in [2.75, 3.05) is 0 Å². The van der Waals surface area contributed by atoms with Crippen LogP contribution in [-0.4, -0.2) is 0 Å². The summed E-state index contributed by atoms with van der Waals surface area (Å²) in [5.74, 6) is -0.568. The first-order chi connectivity index (χ1) is 13.1. The summed E-state index contributed by atoms with van der Waals surface area (Å²) >= 11 is 0. The summed E-state index contributed by atoms with van der Waals surface area (Å²) in [6.45, 7) is 2.06. The third-order valence-electron chi connectivity index (χ3n) is 5.31. The molecule has 0 fully saturated rings. The van der Waals surface area contributed by atoms with Gasteiger partial charge >= 0.3 is 0 Å². The highest BCUT2D eigenvalue weighted by Crippen LogP contribution is 2.38. The van der Waals surface area contributed by atoms with Crippen LogP contribution in [0, 0.1) is 23.0 Å². The standard InChI is InChI=1S/C24H19F2N/c1-2-3-15-6-10-21-20-9-7-16(12-18(20)8-11-22(21)24(15)26)17-4-5-19(14-27)23(25)13-17/h4-7,9-10,12-13H,2-3,8,11H2,1H3. The minimum absolute atomic E-state index is 0.0454. The minimum Gasteiger partial charge on any atom is -0.206 e. The van der Waals surface area contributed by atoms with Crippen LogP contribution in [0.1, 0.15) is 35.6 Å². The Balaban J connectivity index is 1.76. The molecule has 3 aromatic carbocycles. The van der Waals surface area contributed by atoms with Crippen molar-refractivity contribution >= 4 is 0 Å². The lowest BCUT2D eigenvalue weighted by Gasteiger charge is -2.22. The lowest BCUT2D eigenvalue weighted by Crippen LogP contribution is -2.08. The quantitative estimate of drug-likeness (QED) is 0.544. The molecule has 0 saturated heterocycles. The van der Waals surface area contributed by atoms with Gasteiger partial charge in [0.25, 0.3) is 0 Å². The van der Waals surface area contributed by atoms with Crippen molar-refractivity contribution in [1.29, 1.82) is 5.26 Å². The molecule has 4 rings (SSSR count). The van der Waals surface area contributed by atoms with Crippen LogP contribution < -0.4 is 0 Å². The Kier molecular flexibility index (Phi) is 4.49. The number of halogens is 2. The maximum Gasteiger partial charge on any atom is 0.141 e. The van der Waals surface area contributed by atoms with Gasteiger partial charge in [-0.25, -0.2) is 8.78 Å². The summed E-state index contributed by atoms with van der Waals surface area (Å²) in [6, 6.07) is 16.4. The van der Waals surface area contributed by atoms with E-state index in [9.17, 15) is 8.78 Å². The van der Waals surface area contributed by atoms with Crippen LogP contribution in [0.5, 0.6) is 0 Å². The molecule has 0 bridgehead atoms. The van der Waals surface area contributed by atoms with Crippen LogP contribution in [0.3, 0.4) is 0 Å². The monoisotopic (exact) mass is 359 g/mol. The normalized spacial score (nSPS) is 12.2. The number of hydrogen-bond acceptors (Lipinski definition) is 1. The number of aryl methyl sites for hydroxylation is 2. The molecule has 0 heterocycles. The zero-order valence-corrected chi connectivity index (χ0v) is 15.2. The topological polar surface area (TPSA) is 23.8 Å². The van der Waals surface area contributed by atoms with Crippen LogP contribution in [-0.2, 0) is 19.3 Å². The first kappa shape index (κ1) is 17.4. The minimum atomic E-state index is -0.511. The number of fused-ring (bicyclic) bond motifs is 3. The molecule has 1 nitrogen and oxygen atoms in total. The SMILES string of the molecule is CCCc1ccc2c(c1F)CCc1cc(-c3ccc(C#N)c(F)c3)ccc1-2. The van der Waals surface area contributed by atoms with Gasteiger partial charge in [-0.1, -0.05) is 49.7 Å². The Bertz CT molecular complexity index is 1080. The van der Waals surface area contributed by atoms with Crippen LogP contribution in [0.4, 0.5) is 8.78 Å². The van der Waals surface area contributed by atoms with Crippen LogP contribution in [0.15, 0.2) is 48.5 Å². The van der Waals surface area contributed by atoms with Gasteiger partial charge in [0, 0.05) is 0 Å². The summed E-state index contributed by atoms with van der Waals surface area (Å²) < 4.78 is 28.8. The molecular weight excluding hydrogens is 340 g/mol. The van der Waals surface area contributed by atoms with E-state index in [0.717, 1.165) is 58.2 Å². The molecule has 0 atom stereocenters. The zero-order chi connectivity index (χ0) is 19.0. The van der Waals surface area contributed by atoms with Gasteiger partial charge in [0.15, 0.2) is 0 Å². The molecule has 1 aliphatic rings. The summed E-state index contributed by atoms with van der Waals surface area (Å²) in [5, 5.41) is 8.89. The number of benzene rings is 3. The molecule has 0 saturated carbocycles. The molecule has 0 unspecified atom stereocenters. The highest BCUT2D eigenvalue weighted by molar-refractivity contribution is 5.78. The van der Waals surface area contributed by atoms with Crippen molar-refractivity contribution < 1.29 is 8.78 Å². The summed E-state index contributed by atoms with van der Waals surface area (Å²) in [6.07, 6.45) is 3.13. The molecule has 0 amide bonds. The second kappa shape index (κ2) is 6.96. The average Bonchev–Trinajstić information content (AvgIpc) is 2.69. The lowest BCUT2D eigenvalue weighted by atomic mass is 9.82. The van der Waals surface area contributed by atoms with Gasteiger partial charge in [-0.05, 0) is 70.3 Å². The number of rotatable bonds is 3. The van der Waals surface area contributed by atoms with Crippen molar-refractivity contribution in [2.24, 2.45) is 0 Å². The van der Waals surface area contributed by atoms with Crippen LogP contribution in [0.2, 0.25) is 0 Å². The van der Waals surface area contributed by atoms with E-state index in [0.29, 0.717) is 6.42 Å². The molecule has 0 spiro atoms. The average molecular weight is 359 g/mol. The first-order valence-corrected chi connectivity index (χ1v) is 9.26. The first-order valence-electron chi connectivity index (χ1n) is 9.26. The molecule has 0 radical (unpaired) electrons. The van der Waals surface area contributed by atoms with Crippen molar-refractivity contribution in [3.63, 3.8) is 0 Å². The van der Waals surface area contributed by atoms with E-state index in [4.69, 9.17) is 5.26 Å². The third kappa shape index (κ3) is 3.02. The van der Waals surface area contributed by atoms with Gasteiger partial charge in [0.05, 0.1) is 5.56 Å². The smallest absolute Gasteiger partial charge is 0.141 e. The molecule has 3 aromatic rings. The van der Waals surface area contributed by atoms with E-state index >= 15 is 0 Å². The molecule has 0 aliphatic heterocycles. The van der Waals surface area contributed by atoms with E-state index in [1.165, 1.54) is 12.1 Å². The van der Waals surface area contributed by atoms with E-state index in [2.05, 4.69) is 13.0 Å². The van der Waals surface area contributed by atoms with Crippen molar-refractivity contribution in [2.45, 2.75) is 32.6 Å². The van der Waals surface area contributed by atoms with Crippen molar-refractivity contribution in [3.8, 4) is 28.3 Å². The zero-order valence-electron chi connectivity index (χ0n) is 15.2. The van der Waals surface area contributed by atoms with E-state index in [1.54, 1.807) is 6.07 Å². The molecule has 0 aromatic heterocycles. The Morgan fingerprint density at radius 1 is 0.926 bits per heavy atom. The fourth-order valence-corrected chi connectivity index (χ4v) is 3.92. The van der Waals surface area contributed by atoms with Gasteiger partial charge in [-0.2, -0.15) is 5.26 Å².